The van der Waals surface area contributed by atoms with E-state index in [9.17, 15) is 29.4 Å². The van der Waals surface area contributed by atoms with Crippen molar-refractivity contribution in [2.75, 3.05) is 14.2 Å². The van der Waals surface area contributed by atoms with Crippen molar-refractivity contribution in [1.29, 1.82) is 0 Å². The van der Waals surface area contributed by atoms with Crippen LogP contribution in [0.5, 0.6) is 0 Å². The molecule has 52 heavy (non-hydrogen) atoms. The van der Waals surface area contributed by atoms with Crippen molar-refractivity contribution in [2.24, 2.45) is 31.3 Å². The van der Waals surface area contributed by atoms with Crippen LogP contribution in [0, 0.1) is 11.3 Å². The molecule has 8 bridgehead atoms. The van der Waals surface area contributed by atoms with Crippen LogP contribution in [0.1, 0.15) is 53.4 Å². The molecule has 1 unspecified atom stereocenters. The normalized spacial score (nSPS) is 23.3. The van der Waals surface area contributed by atoms with Crippen molar-refractivity contribution < 1.29 is 38.9 Å². The number of hydrogen-bond donors (Lipinski definition) is 2. The number of rotatable bonds is 9. The van der Waals surface area contributed by atoms with E-state index in [1.807, 2.05) is 39.8 Å². The minimum absolute atomic E-state index is 0.104. The Morgan fingerprint density at radius 2 is 1.35 bits per heavy atom. The minimum Gasteiger partial charge on any atom is -0.481 e. The van der Waals surface area contributed by atoms with Crippen LogP contribution in [0.15, 0.2) is 136 Å². The highest BCUT2D eigenvalue weighted by molar-refractivity contribution is 6.21. The molecular weight excluding hydrogens is 664 g/mol. The molecule has 0 saturated heterocycles. The summed E-state index contributed by atoms with van der Waals surface area (Å²) in [6, 6.07) is 0. The quantitative estimate of drug-likeness (QED) is 0.273. The summed E-state index contributed by atoms with van der Waals surface area (Å²) in [5.74, 6) is -4.40. The fraction of sp³-hybridized carbons (Fsp3) is 0.300. The van der Waals surface area contributed by atoms with Crippen LogP contribution in [-0.4, -0.2) is 71.2 Å². The van der Waals surface area contributed by atoms with E-state index in [1.165, 1.54) is 14.2 Å². The van der Waals surface area contributed by atoms with Crippen LogP contribution in [-0.2, 0) is 28.7 Å². The lowest BCUT2D eigenvalue weighted by Gasteiger charge is -2.37. The van der Waals surface area contributed by atoms with E-state index in [0.29, 0.717) is 62.4 Å². The molecular formula is C40H38N4O8. The standard InChI is InChI=1S/C40H38N4O8/c1-8-22-19(2)28-16-33-26-12-9-25(38(49)51-6)37(39(50)52-7)40(26,5)34(44-33)18-29-21(4)24(11-14-36(47)48)32(43-29)17-31-23(10-13-35(45)46)20(3)27(42-31)15-30(22)41-28/h8-9,12,15-18,37H,1,10-11,13-14H2,2-7H3,(H,45,46)(H,47,48)/t37?,40-/m1/s1. The van der Waals surface area contributed by atoms with Crippen molar-refractivity contribution in [3.8, 4) is 0 Å². The van der Waals surface area contributed by atoms with Gasteiger partial charge >= 0.3 is 23.9 Å². The van der Waals surface area contributed by atoms with Crippen molar-refractivity contribution >= 4 is 46.7 Å². The second kappa shape index (κ2) is 13.6. The highest BCUT2D eigenvalue weighted by Crippen LogP contribution is 2.54. The van der Waals surface area contributed by atoms with Gasteiger partial charge in [-0.05, 0) is 98.3 Å². The molecule has 0 amide bonds. The maximum absolute atomic E-state index is 13.6. The van der Waals surface area contributed by atoms with Gasteiger partial charge < -0.3 is 19.7 Å². The SMILES string of the molecule is C=CC1=C(C)C2=CC3=NC(=CC4=NC(=CC5=NC(=CC1=N2)C(C)=C5CCC(=O)O)C(CCC(=O)O)=C4C)[C@@]1(C)C3=CC=C(C(=O)OC)C1C(=O)OC. The van der Waals surface area contributed by atoms with Crippen LogP contribution < -0.4 is 0 Å². The fourth-order valence-electron chi connectivity index (χ4n) is 7.43. The molecule has 6 rings (SSSR count). The van der Waals surface area contributed by atoms with E-state index in [-0.39, 0.29) is 31.3 Å². The topological polar surface area (TPSA) is 177 Å². The molecule has 0 aromatic heterocycles. The van der Waals surface area contributed by atoms with E-state index in [0.717, 1.165) is 22.3 Å². The molecule has 12 heteroatoms. The number of carbonyl (C=O) groups excluding carboxylic acids is 2. The van der Waals surface area contributed by atoms with Crippen LogP contribution in [0.25, 0.3) is 0 Å². The van der Waals surface area contributed by atoms with E-state index in [2.05, 4.69) is 6.58 Å². The first-order valence-corrected chi connectivity index (χ1v) is 16.7. The Bertz CT molecular complexity index is 2210. The predicted molar refractivity (Wildman–Crippen MR) is 196 cm³/mol. The van der Waals surface area contributed by atoms with Gasteiger partial charge in [0.15, 0.2) is 0 Å². The number of allylic oxidation sites excluding steroid dienone is 14. The van der Waals surface area contributed by atoms with Gasteiger partial charge in [-0.3, -0.25) is 19.4 Å². The molecule has 0 aromatic rings. The molecule has 5 heterocycles. The molecule has 1 aliphatic carbocycles. The Labute approximate surface area is 300 Å². The van der Waals surface area contributed by atoms with Crippen LogP contribution in [0.3, 0.4) is 0 Å². The van der Waals surface area contributed by atoms with Crippen LogP contribution >= 0.6 is 0 Å². The molecule has 0 radical (unpaired) electrons. The van der Waals surface area contributed by atoms with Crippen LogP contribution in [0.2, 0.25) is 0 Å². The minimum atomic E-state index is -1.22. The number of methoxy groups -OCH3 is 2. The number of hydrogen-bond acceptors (Lipinski definition) is 10. The third kappa shape index (κ3) is 5.93. The fourth-order valence-corrected chi connectivity index (χ4v) is 7.43. The van der Waals surface area contributed by atoms with Gasteiger partial charge in [0.1, 0.15) is 5.92 Å². The third-order valence-electron chi connectivity index (χ3n) is 10.3. The Morgan fingerprint density at radius 1 is 0.750 bits per heavy atom. The van der Waals surface area contributed by atoms with Gasteiger partial charge in [0.25, 0.3) is 0 Å². The van der Waals surface area contributed by atoms with E-state index >= 15 is 0 Å². The van der Waals surface area contributed by atoms with Crippen molar-refractivity contribution in [3.63, 3.8) is 0 Å². The molecule has 0 aromatic carbocycles. The Balaban J connectivity index is 1.67. The van der Waals surface area contributed by atoms with E-state index in [4.69, 9.17) is 29.4 Å². The number of carbonyl (C=O) groups is 4. The monoisotopic (exact) mass is 702 g/mol. The molecule has 6 aliphatic rings. The molecule has 0 fully saturated rings. The third-order valence-corrected chi connectivity index (χ3v) is 10.3. The number of aliphatic carboxylic acids is 2. The molecule has 266 valence electrons. The van der Waals surface area contributed by atoms with Crippen LogP contribution in [0.4, 0.5) is 0 Å². The highest BCUT2D eigenvalue weighted by Gasteiger charge is 2.55. The summed E-state index contributed by atoms with van der Waals surface area (Å²) in [6.07, 6.45) is 12.3. The van der Waals surface area contributed by atoms with Gasteiger partial charge in [-0.15, -0.1) is 0 Å². The van der Waals surface area contributed by atoms with Gasteiger partial charge in [0.05, 0.1) is 70.8 Å². The van der Waals surface area contributed by atoms with Gasteiger partial charge in [0, 0.05) is 18.4 Å². The Kier molecular flexibility index (Phi) is 9.35. The summed E-state index contributed by atoms with van der Waals surface area (Å²) in [5, 5.41) is 19.2. The lowest BCUT2D eigenvalue weighted by molar-refractivity contribution is -0.150. The van der Waals surface area contributed by atoms with Gasteiger partial charge in [-0.2, -0.15) is 0 Å². The summed E-state index contributed by atoms with van der Waals surface area (Å²) in [6.45, 7) is 11.5. The second-order valence-corrected chi connectivity index (χ2v) is 13.2. The van der Waals surface area contributed by atoms with Gasteiger partial charge in [0.2, 0.25) is 0 Å². The zero-order valence-electron chi connectivity index (χ0n) is 29.8. The lowest BCUT2D eigenvalue weighted by Crippen LogP contribution is -2.41. The average Bonchev–Trinajstić information content (AvgIpc) is 3.76. The molecule has 2 N–H and O–H groups in total. The maximum atomic E-state index is 13.6. The number of carboxylic acids is 2. The van der Waals surface area contributed by atoms with Gasteiger partial charge in [-0.25, -0.2) is 19.8 Å². The predicted octanol–water partition coefficient (Wildman–Crippen LogP) is 6.05. The summed E-state index contributed by atoms with van der Waals surface area (Å²) in [7, 11) is 2.50. The van der Waals surface area contributed by atoms with E-state index in [1.54, 1.807) is 30.4 Å². The first-order chi connectivity index (χ1) is 24.7. The number of carboxylic acid groups (broad SMARTS) is 2. The Morgan fingerprint density at radius 3 is 1.98 bits per heavy atom. The van der Waals surface area contributed by atoms with E-state index < -0.39 is 35.2 Å². The second-order valence-electron chi connectivity index (χ2n) is 13.2. The largest absolute Gasteiger partial charge is 0.481 e. The van der Waals surface area contributed by atoms with Crippen molar-refractivity contribution in [3.05, 3.63) is 116 Å². The molecule has 12 nitrogen and oxygen atoms in total. The zero-order chi connectivity index (χ0) is 37.6. The molecule has 2 atom stereocenters. The highest BCUT2D eigenvalue weighted by atomic mass is 16.5. The lowest BCUT2D eigenvalue weighted by atomic mass is 9.64. The first kappa shape index (κ1) is 35.8. The maximum Gasteiger partial charge on any atom is 0.334 e. The molecule has 5 aliphatic heterocycles. The first-order valence-electron chi connectivity index (χ1n) is 16.7. The number of aliphatic imine (C=N–C) groups is 4. The molecule has 0 spiro atoms. The zero-order valence-corrected chi connectivity index (χ0v) is 29.8. The summed E-state index contributed by atoms with van der Waals surface area (Å²) >= 11 is 0. The van der Waals surface area contributed by atoms with Crippen molar-refractivity contribution in [2.45, 2.75) is 53.4 Å². The van der Waals surface area contributed by atoms with Gasteiger partial charge in [-0.1, -0.05) is 24.8 Å². The Hall–Kier alpha value is -6.04. The summed E-state index contributed by atoms with van der Waals surface area (Å²) in [4.78, 5) is 70.1. The number of ether oxygens (including phenoxy) is 2. The summed E-state index contributed by atoms with van der Waals surface area (Å²) < 4.78 is 10.3. The van der Waals surface area contributed by atoms with Crippen molar-refractivity contribution in [1.82, 2.24) is 0 Å². The smallest absolute Gasteiger partial charge is 0.334 e. The number of nitrogens with zero attached hydrogens (tertiary/aromatic N) is 4. The number of fused-ring (bicyclic) bond motifs is 7. The summed E-state index contributed by atoms with van der Waals surface area (Å²) in [5.41, 5.74) is 8.29. The molecule has 0 saturated carbocycles. The number of esters is 2. The average molecular weight is 703 g/mol.